The number of benzene rings is 1. The van der Waals surface area contributed by atoms with E-state index in [1.807, 2.05) is 0 Å². The number of hydrogen-bond acceptors (Lipinski definition) is 1. The van der Waals surface area contributed by atoms with Gasteiger partial charge in [-0.15, -0.1) is 6.04 Å². The minimum absolute atomic E-state index is 0. The molecule has 8 atom stereocenters. The molecule has 196 valence electrons. The number of fused-ring (bicyclic) bond motifs is 4. The van der Waals surface area contributed by atoms with E-state index in [2.05, 4.69) is 128 Å². The zero-order valence-electron chi connectivity index (χ0n) is 22.2. The summed E-state index contributed by atoms with van der Waals surface area (Å²) in [4.78, 5) is 0. The molecule has 0 bridgehead atoms. The van der Waals surface area contributed by atoms with Crippen LogP contribution in [0.15, 0.2) is 103 Å². The molecule has 2 fully saturated rings. The van der Waals surface area contributed by atoms with E-state index in [0.29, 0.717) is 41.2 Å². The summed E-state index contributed by atoms with van der Waals surface area (Å²) in [6, 6.07) is 11.6. The van der Waals surface area contributed by atoms with Crippen molar-refractivity contribution >= 4 is 26.8 Å². The summed E-state index contributed by atoms with van der Waals surface area (Å²) in [7, 11) is 7.89. The Hall–Kier alpha value is -0.909. The number of nitrogens with zero attached hydrogens (tertiary/aromatic N) is 2. The summed E-state index contributed by atoms with van der Waals surface area (Å²) in [6.45, 7) is 7.61. The van der Waals surface area contributed by atoms with Gasteiger partial charge in [0.1, 0.15) is 8.24 Å². The second-order valence-corrected chi connectivity index (χ2v) is 18.0. The Balaban J connectivity index is 0.000000765. The molecule has 1 aliphatic heterocycles. The SMILES string of the molecule is C[C@H]1[N-]C2C(c3ccccc3)C=CC=C[C@H]2N1[Si](C)(C)C1C2C=CC=CC2C2C=CC=CC21.[CH3-].[Cl][Ti][Cl]. The maximum atomic E-state index is 5.45. The van der Waals surface area contributed by atoms with Gasteiger partial charge in [-0.3, -0.25) is 0 Å². The first-order valence-electron chi connectivity index (χ1n) is 13.0. The van der Waals surface area contributed by atoms with Crippen LogP contribution in [0.3, 0.4) is 0 Å². The van der Waals surface area contributed by atoms with Crippen LogP contribution < -0.4 is 0 Å². The molecular weight excluding hydrogens is 547 g/mol. The van der Waals surface area contributed by atoms with E-state index in [9.17, 15) is 0 Å². The van der Waals surface area contributed by atoms with Crippen LogP contribution >= 0.6 is 18.6 Å². The third-order valence-corrected chi connectivity index (χ3v) is 13.4. The average molecular weight is 586 g/mol. The van der Waals surface area contributed by atoms with E-state index in [4.69, 9.17) is 23.9 Å². The zero-order chi connectivity index (χ0) is 25.3. The van der Waals surface area contributed by atoms with Gasteiger partial charge in [-0.2, -0.15) is 0 Å². The summed E-state index contributed by atoms with van der Waals surface area (Å²) >= 11 is -0.556. The third-order valence-electron chi connectivity index (χ3n) is 8.95. The first kappa shape index (κ1) is 29.1. The summed E-state index contributed by atoms with van der Waals surface area (Å²) < 4.78 is 2.89. The molecule has 1 aromatic carbocycles. The van der Waals surface area contributed by atoms with Gasteiger partial charge in [-0.05, 0) is 40.7 Å². The van der Waals surface area contributed by atoms with E-state index in [-0.39, 0.29) is 19.6 Å². The Labute approximate surface area is 242 Å². The van der Waals surface area contributed by atoms with Crippen molar-refractivity contribution in [3.8, 4) is 0 Å². The third kappa shape index (κ3) is 5.43. The van der Waals surface area contributed by atoms with Gasteiger partial charge < -0.3 is 17.3 Å². The molecule has 0 spiro atoms. The van der Waals surface area contributed by atoms with Crippen molar-refractivity contribution in [1.82, 2.24) is 4.57 Å². The predicted octanol–water partition coefficient (Wildman–Crippen LogP) is 8.80. The van der Waals surface area contributed by atoms with Gasteiger partial charge in [0.05, 0.1) is 0 Å². The van der Waals surface area contributed by atoms with Crippen LogP contribution in [-0.4, -0.2) is 31.1 Å². The first-order chi connectivity index (χ1) is 17.5. The first-order valence-corrected chi connectivity index (χ1v) is 20.4. The average Bonchev–Trinajstić information content (AvgIpc) is 3.33. The Morgan fingerprint density at radius 3 is 1.81 bits per heavy atom. The van der Waals surface area contributed by atoms with E-state index in [1.165, 1.54) is 5.56 Å². The van der Waals surface area contributed by atoms with Gasteiger partial charge in [-0.1, -0.05) is 129 Å². The molecule has 1 aromatic rings. The van der Waals surface area contributed by atoms with Crippen LogP contribution in [0.2, 0.25) is 18.6 Å². The van der Waals surface area contributed by atoms with Gasteiger partial charge in [-0.25, -0.2) is 0 Å². The molecule has 2 nitrogen and oxygen atoms in total. The van der Waals surface area contributed by atoms with Crippen molar-refractivity contribution in [2.24, 2.45) is 23.7 Å². The Morgan fingerprint density at radius 1 is 0.757 bits per heavy atom. The number of allylic oxidation sites excluding steroid dienone is 10. The van der Waals surface area contributed by atoms with Crippen LogP contribution in [-0.2, 0) is 17.0 Å². The van der Waals surface area contributed by atoms with E-state index in [0.717, 1.165) is 0 Å². The predicted molar refractivity (Wildman–Crippen MR) is 160 cm³/mol. The topological polar surface area (TPSA) is 17.3 Å². The molecule has 0 aromatic heterocycles. The van der Waals surface area contributed by atoms with Gasteiger partial charge in [0.2, 0.25) is 0 Å². The van der Waals surface area contributed by atoms with Crippen molar-refractivity contribution in [2.45, 2.75) is 49.7 Å². The molecule has 0 N–H and O–H groups in total. The zero-order valence-corrected chi connectivity index (χ0v) is 26.2. The summed E-state index contributed by atoms with van der Waals surface area (Å²) in [5.74, 6) is 2.85. The van der Waals surface area contributed by atoms with Crippen molar-refractivity contribution < 1.29 is 17.0 Å². The monoisotopic (exact) mass is 584 g/mol. The Morgan fingerprint density at radius 2 is 1.24 bits per heavy atom. The van der Waals surface area contributed by atoms with Crippen LogP contribution in [0.4, 0.5) is 0 Å². The van der Waals surface area contributed by atoms with Gasteiger partial charge in [0, 0.05) is 6.04 Å². The summed E-state index contributed by atoms with van der Waals surface area (Å²) in [5.41, 5.74) is 2.07. The van der Waals surface area contributed by atoms with Crippen LogP contribution in [0.1, 0.15) is 18.4 Å². The standard InChI is InChI=1S/C30H35N2Si.CH3.2ClH.Ti/c1-21-31-29-23(22-13-5-4-6-14-22)15-11-12-20-28(29)32(21)33(2,3)30-26-18-9-7-16-24(26)25-17-8-10-19-27(25)30;;;;/h4-21,23-30H,1-3H3;1H3;2*1H;/q2*-1;;;+2/p-2/t21-,23?,24?,25?,26?,27?,28+,29?,30?;;;;/m0..../s1. The molecule has 6 rings (SSSR count). The fourth-order valence-electron chi connectivity index (χ4n) is 7.80. The molecule has 1 saturated heterocycles. The van der Waals surface area contributed by atoms with Crippen molar-refractivity contribution in [3.05, 3.63) is 122 Å². The summed E-state index contributed by atoms with van der Waals surface area (Å²) in [6.07, 6.45) is 28.8. The molecule has 0 radical (unpaired) electrons. The molecule has 5 aliphatic rings. The normalized spacial score (nSPS) is 37.1. The Kier molecular flexibility index (Phi) is 9.84. The molecule has 6 heteroatoms. The van der Waals surface area contributed by atoms with Crippen LogP contribution in [0.25, 0.3) is 5.32 Å². The van der Waals surface area contributed by atoms with Gasteiger partial charge in [0.25, 0.3) is 0 Å². The maximum absolute atomic E-state index is 5.45. The molecule has 6 unspecified atom stereocenters. The Bertz CT molecular complexity index is 1060. The van der Waals surface area contributed by atoms with Crippen molar-refractivity contribution in [3.63, 3.8) is 0 Å². The van der Waals surface area contributed by atoms with Crippen LogP contribution in [0.5, 0.6) is 0 Å². The second-order valence-electron chi connectivity index (χ2n) is 11.0. The molecule has 1 saturated carbocycles. The van der Waals surface area contributed by atoms with Crippen LogP contribution in [0, 0.1) is 31.1 Å². The number of rotatable bonds is 3. The van der Waals surface area contributed by atoms with E-state index >= 15 is 0 Å². The summed E-state index contributed by atoms with van der Waals surface area (Å²) in [5, 5.41) is 5.45. The fourth-order valence-corrected chi connectivity index (χ4v) is 12.7. The van der Waals surface area contributed by atoms with Crippen molar-refractivity contribution in [1.29, 1.82) is 0 Å². The molecule has 37 heavy (non-hydrogen) atoms. The van der Waals surface area contributed by atoms with Gasteiger partial charge >= 0.3 is 35.6 Å². The number of hydrogen-bond donors (Lipinski definition) is 0. The minimum atomic E-state index is -1.89. The van der Waals surface area contributed by atoms with Gasteiger partial charge in [0.15, 0.2) is 0 Å². The van der Waals surface area contributed by atoms with E-state index < -0.39 is 25.3 Å². The quantitative estimate of drug-likeness (QED) is 0.256. The molecular formula is C31H38Cl2N2SiTi-2. The molecule has 0 amide bonds. The second kappa shape index (κ2) is 12.5. The molecule has 4 aliphatic carbocycles. The molecule has 1 heterocycles. The fraction of sp³-hybridized carbons (Fsp3) is 0.387. The van der Waals surface area contributed by atoms with E-state index in [1.54, 1.807) is 0 Å². The number of halogens is 2. The van der Waals surface area contributed by atoms with Crippen molar-refractivity contribution in [2.75, 3.05) is 0 Å².